The standard InChI is InChI=1S/C13H17ClN2OS.ClH/c14-11-2-1-9(18-11)8-16-12(17)10-7-13(10)3-5-15-6-4-13;/h1-2,10,15H,3-8H2,(H,16,17);1H. The highest BCUT2D eigenvalue weighted by atomic mass is 35.5. The number of rotatable bonds is 3. The molecule has 1 spiro atoms. The van der Waals surface area contributed by atoms with Crippen LogP contribution in [0.3, 0.4) is 0 Å². The lowest BCUT2D eigenvalue weighted by molar-refractivity contribution is -0.123. The minimum absolute atomic E-state index is 0. The largest absolute Gasteiger partial charge is 0.351 e. The molecule has 1 amide bonds. The zero-order valence-corrected chi connectivity index (χ0v) is 13.0. The maximum Gasteiger partial charge on any atom is 0.223 e. The Bertz CT molecular complexity index is 457. The smallest absolute Gasteiger partial charge is 0.223 e. The van der Waals surface area contributed by atoms with Gasteiger partial charge < -0.3 is 10.6 Å². The first-order chi connectivity index (χ1) is 8.70. The first-order valence-corrected chi connectivity index (χ1v) is 7.62. The molecule has 1 aromatic rings. The van der Waals surface area contributed by atoms with Crippen LogP contribution in [0.4, 0.5) is 0 Å². The van der Waals surface area contributed by atoms with Crippen LogP contribution in [-0.4, -0.2) is 19.0 Å². The third-order valence-electron chi connectivity index (χ3n) is 4.17. The van der Waals surface area contributed by atoms with E-state index in [2.05, 4.69) is 10.6 Å². The normalized spacial score (nSPS) is 23.7. The third kappa shape index (κ3) is 3.24. The molecule has 6 heteroatoms. The number of nitrogens with one attached hydrogen (secondary N) is 2. The highest BCUT2D eigenvalue weighted by Gasteiger charge is 2.57. The van der Waals surface area contributed by atoms with Crippen molar-refractivity contribution in [1.82, 2.24) is 10.6 Å². The van der Waals surface area contributed by atoms with Gasteiger partial charge in [0.1, 0.15) is 0 Å². The summed E-state index contributed by atoms with van der Waals surface area (Å²) in [7, 11) is 0. The van der Waals surface area contributed by atoms with Crippen molar-refractivity contribution in [2.45, 2.75) is 25.8 Å². The van der Waals surface area contributed by atoms with Crippen LogP contribution in [0.1, 0.15) is 24.1 Å². The van der Waals surface area contributed by atoms with Crippen molar-refractivity contribution in [3.8, 4) is 0 Å². The van der Waals surface area contributed by atoms with Gasteiger partial charge in [0.2, 0.25) is 5.91 Å². The van der Waals surface area contributed by atoms with Gasteiger partial charge in [-0.2, -0.15) is 0 Å². The Balaban J connectivity index is 0.00000133. The molecule has 0 aromatic carbocycles. The van der Waals surface area contributed by atoms with Crippen molar-refractivity contribution < 1.29 is 4.79 Å². The molecular formula is C13H18Cl2N2OS. The molecule has 1 aromatic heterocycles. The van der Waals surface area contributed by atoms with Crippen molar-refractivity contribution in [3.63, 3.8) is 0 Å². The van der Waals surface area contributed by atoms with Crippen molar-refractivity contribution in [2.24, 2.45) is 11.3 Å². The van der Waals surface area contributed by atoms with Crippen LogP contribution >= 0.6 is 35.3 Å². The predicted octanol–water partition coefficient (Wildman–Crippen LogP) is 2.83. The topological polar surface area (TPSA) is 41.1 Å². The number of hydrogen-bond acceptors (Lipinski definition) is 3. The van der Waals surface area contributed by atoms with E-state index in [0.717, 1.165) is 41.6 Å². The molecule has 1 aliphatic carbocycles. The van der Waals surface area contributed by atoms with Gasteiger partial charge in [-0.1, -0.05) is 11.6 Å². The molecule has 19 heavy (non-hydrogen) atoms. The molecule has 1 unspecified atom stereocenters. The summed E-state index contributed by atoms with van der Waals surface area (Å²) in [6, 6.07) is 3.85. The molecule has 0 radical (unpaired) electrons. The molecule has 1 atom stereocenters. The van der Waals surface area contributed by atoms with Gasteiger partial charge in [0.25, 0.3) is 0 Å². The van der Waals surface area contributed by atoms with Gasteiger partial charge in [-0.3, -0.25) is 4.79 Å². The van der Waals surface area contributed by atoms with Gasteiger partial charge >= 0.3 is 0 Å². The maximum absolute atomic E-state index is 12.1. The van der Waals surface area contributed by atoms with E-state index in [-0.39, 0.29) is 24.2 Å². The van der Waals surface area contributed by atoms with Crippen LogP contribution in [0.25, 0.3) is 0 Å². The first-order valence-electron chi connectivity index (χ1n) is 6.42. The summed E-state index contributed by atoms with van der Waals surface area (Å²) in [5, 5.41) is 6.39. The SMILES string of the molecule is Cl.O=C(NCc1ccc(Cl)s1)C1CC12CCNCC2. The Morgan fingerprint density at radius 2 is 2.21 bits per heavy atom. The molecule has 2 aliphatic rings. The highest BCUT2D eigenvalue weighted by molar-refractivity contribution is 7.16. The molecule has 0 bridgehead atoms. The minimum atomic E-state index is 0. The lowest BCUT2D eigenvalue weighted by atomic mass is 9.92. The van der Waals surface area contributed by atoms with Crippen molar-refractivity contribution in [3.05, 3.63) is 21.3 Å². The summed E-state index contributed by atoms with van der Waals surface area (Å²) in [5.74, 6) is 0.469. The van der Waals surface area contributed by atoms with Gasteiger partial charge in [-0.05, 0) is 49.9 Å². The van der Waals surface area contributed by atoms with Gasteiger partial charge in [-0.15, -0.1) is 23.7 Å². The number of piperidine rings is 1. The zero-order chi connectivity index (χ0) is 12.6. The zero-order valence-electron chi connectivity index (χ0n) is 10.6. The van der Waals surface area contributed by atoms with Gasteiger partial charge in [-0.25, -0.2) is 0 Å². The lowest BCUT2D eigenvalue weighted by Crippen LogP contribution is -2.33. The number of carbonyl (C=O) groups is 1. The highest BCUT2D eigenvalue weighted by Crippen LogP contribution is 2.58. The lowest BCUT2D eigenvalue weighted by Gasteiger charge is -2.23. The number of thiophene rings is 1. The van der Waals surface area contributed by atoms with Crippen molar-refractivity contribution in [2.75, 3.05) is 13.1 Å². The summed E-state index contributed by atoms with van der Waals surface area (Å²) >= 11 is 7.40. The van der Waals surface area contributed by atoms with E-state index in [0.29, 0.717) is 12.0 Å². The molecule has 3 rings (SSSR count). The molecular weight excluding hydrogens is 303 g/mol. The van der Waals surface area contributed by atoms with Crippen molar-refractivity contribution >= 4 is 41.3 Å². The molecule has 3 nitrogen and oxygen atoms in total. The number of halogens is 2. The van der Waals surface area contributed by atoms with Crippen LogP contribution in [0.5, 0.6) is 0 Å². The Morgan fingerprint density at radius 1 is 1.47 bits per heavy atom. The second-order valence-electron chi connectivity index (χ2n) is 5.29. The van der Waals surface area contributed by atoms with Gasteiger partial charge in [0.15, 0.2) is 0 Å². The fourth-order valence-electron chi connectivity index (χ4n) is 2.94. The molecule has 1 saturated carbocycles. The molecule has 2 N–H and O–H groups in total. The predicted molar refractivity (Wildman–Crippen MR) is 81.1 cm³/mol. The van der Waals surface area contributed by atoms with Crippen LogP contribution < -0.4 is 10.6 Å². The van der Waals surface area contributed by atoms with Crippen LogP contribution in [0.15, 0.2) is 12.1 Å². The van der Waals surface area contributed by atoms with E-state index in [1.54, 1.807) is 0 Å². The second-order valence-corrected chi connectivity index (χ2v) is 7.09. The molecule has 1 aliphatic heterocycles. The molecule has 106 valence electrons. The fourth-order valence-corrected chi connectivity index (χ4v) is 3.97. The van der Waals surface area contributed by atoms with E-state index in [1.165, 1.54) is 11.3 Å². The average molecular weight is 321 g/mol. The minimum Gasteiger partial charge on any atom is -0.351 e. The van der Waals surface area contributed by atoms with Crippen molar-refractivity contribution in [1.29, 1.82) is 0 Å². The average Bonchev–Trinajstić information content (AvgIpc) is 2.89. The van der Waals surface area contributed by atoms with E-state index in [1.807, 2.05) is 12.1 Å². The Labute approximate surface area is 128 Å². The van der Waals surface area contributed by atoms with E-state index in [4.69, 9.17) is 11.6 Å². The fraction of sp³-hybridized carbons (Fsp3) is 0.615. The third-order valence-corrected chi connectivity index (χ3v) is 5.40. The second kappa shape index (κ2) is 6.00. The van der Waals surface area contributed by atoms with Crippen LogP contribution in [0.2, 0.25) is 4.34 Å². The Morgan fingerprint density at radius 3 is 2.84 bits per heavy atom. The summed E-state index contributed by atoms with van der Waals surface area (Å²) in [4.78, 5) is 13.2. The van der Waals surface area contributed by atoms with Crippen LogP contribution in [0, 0.1) is 11.3 Å². The first kappa shape index (κ1) is 15.1. The molecule has 2 fully saturated rings. The van der Waals surface area contributed by atoms with E-state index < -0.39 is 0 Å². The monoisotopic (exact) mass is 320 g/mol. The number of carbonyl (C=O) groups excluding carboxylic acids is 1. The van der Waals surface area contributed by atoms with E-state index in [9.17, 15) is 4.79 Å². The maximum atomic E-state index is 12.1. The Kier molecular flexibility index (Phi) is 4.77. The Hall–Kier alpha value is -0.290. The summed E-state index contributed by atoms with van der Waals surface area (Å²) in [6.07, 6.45) is 3.37. The van der Waals surface area contributed by atoms with Gasteiger partial charge in [0, 0.05) is 10.8 Å². The van der Waals surface area contributed by atoms with E-state index >= 15 is 0 Å². The van der Waals surface area contributed by atoms with Crippen LogP contribution in [-0.2, 0) is 11.3 Å². The summed E-state index contributed by atoms with van der Waals surface area (Å²) in [6.45, 7) is 2.73. The number of hydrogen-bond donors (Lipinski definition) is 2. The quantitative estimate of drug-likeness (QED) is 0.899. The summed E-state index contributed by atoms with van der Waals surface area (Å²) in [5.41, 5.74) is 0.322. The van der Waals surface area contributed by atoms with Gasteiger partial charge in [0.05, 0.1) is 10.9 Å². The molecule has 2 heterocycles. The molecule has 1 saturated heterocycles. The number of amides is 1. The summed E-state index contributed by atoms with van der Waals surface area (Å²) < 4.78 is 0.778.